The summed E-state index contributed by atoms with van der Waals surface area (Å²) in [6.45, 7) is 4.66. The summed E-state index contributed by atoms with van der Waals surface area (Å²) in [6, 6.07) is 6.46. The van der Waals surface area contributed by atoms with Crippen LogP contribution < -0.4 is 10.6 Å². The summed E-state index contributed by atoms with van der Waals surface area (Å²) in [5, 5.41) is 5.47. The van der Waals surface area contributed by atoms with E-state index < -0.39 is 18.1 Å². The first-order chi connectivity index (χ1) is 10.1. The van der Waals surface area contributed by atoms with Crippen molar-refractivity contribution in [3.63, 3.8) is 0 Å². The van der Waals surface area contributed by atoms with Gasteiger partial charge in [-0.05, 0) is 38.1 Å². The van der Waals surface area contributed by atoms with Crippen molar-refractivity contribution >= 4 is 29.1 Å². The smallest absolute Gasteiger partial charge is 0.313 e. The van der Waals surface area contributed by atoms with Crippen LogP contribution in [0.25, 0.3) is 0 Å². The minimum Gasteiger partial charge on any atom is -0.351 e. The second kappa shape index (κ2) is 9.33. The minimum absolute atomic E-state index is 0.106. The van der Waals surface area contributed by atoms with Gasteiger partial charge in [-0.15, -0.1) is 0 Å². The number of nitrogens with one attached hydrogen (secondary N) is 2. The molecule has 21 heavy (non-hydrogen) atoms. The monoisotopic (exact) mass is 314 g/mol. The van der Waals surface area contributed by atoms with Gasteiger partial charge in [0.1, 0.15) is 0 Å². The molecule has 7 heteroatoms. The molecule has 0 unspecified atom stereocenters. The molecular formula is C14H19ClN2O4. The largest absolute Gasteiger partial charge is 0.351 e. The van der Waals surface area contributed by atoms with Crippen LogP contribution in [0.5, 0.6) is 0 Å². The number of rotatable bonds is 7. The van der Waals surface area contributed by atoms with Crippen molar-refractivity contribution in [3.05, 3.63) is 29.3 Å². The van der Waals surface area contributed by atoms with Crippen molar-refractivity contribution in [1.82, 2.24) is 5.32 Å². The molecule has 0 aliphatic heterocycles. The lowest BCUT2D eigenvalue weighted by Gasteiger charge is -2.17. The molecule has 0 radical (unpaired) electrons. The highest BCUT2D eigenvalue weighted by molar-refractivity contribution is 6.39. The van der Waals surface area contributed by atoms with Crippen LogP contribution in [0.3, 0.4) is 0 Å². The lowest BCUT2D eigenvalue weighted by Crippen LogP contribution is -2.41. The average molecular weight is 315 g/mol. The topological polar surface area (TPSA) is 76.7 Å². The lowest BCUT2D eigenvalue weighted by molar-refractivity contribution is -0.145. The van der Waals surface area contributed by atoms with E-state index >= 15 is 0 Å². The van der Waals surface area contributed by atoms with E-state index in [4.69, 9.17) is 21.1 Å². The zero-order valence-corrected chi connectivity index (χ0v) is 12.8. The van der Waals surface area contributed by atoms with Crippen LogP contribution >= 0.6 is 11.6 Å². The molecule has 116 valence electrons. The Kier molecular flexibility index (Phi) is 7.74. The molecule has 0 heterocycles. The average Bonchev–Trinajstić information content (AvgIpc) is 2.47. The van der Waals surface area contributed by atoms with E-state index in [2.05, 4.69) is 10.6 Å². The molecule has 0 fully saturated rings. The molecule has 2 amide bonds. The molecule has 0 aliphatic rings. The number of ether oxygens (including phenoxy) is 2. The molecular weight excluding hydrogens is 296 g/mol. The van der Waals surface area contributed by atoms with E-state index in [0.717, 1.165) is 0 Å². The van der Waals surface area contributed by atoms with Crippen LogP contribution in [0, 0.1) is 0 Å². The predicted octanol–water partition coefficient (Wildman–Crippen LogP) is 1.79. The fourth-order valence-electron chi connectivity index (χ4n) is 1.52. The van der Waals surface area contributed by atoms with Gasteiger partial charge in [-0.25, -0.2) is 0 Å². The SMILES string of the molecule is CCOC(CNC(=O)C(=O)Nc1ccc(Cl)cc1)OCC. The van der Waals surface area contributed by atoms with E-state index in [1.54, 1.807) is 24.3 Å². The van der Waals surface area contributed by atoms with Crippen LogP contribution in [0.2, 0.25) is 5.02 Å². The third-order valence-electron chi connectivity index (χ3n) is 2.44. The molecule has 6 nitrogen and oxygen atoms in total. The molecule has 1 rings (SSSR count). The highest BCUT2D eigenvalue weighted by Gasteiger charge is 2.16. The fourth-order valence-corrected chi connectivity index (χ4v) is 1.64. The summed E-state index contributed by atoms with van der Waals surface area (Å²) in [5.41, 5.74) is 0.491. The van der Waals surface area contributed by atoms with Crippen molar-refractivity contribution < 1.29 is 19.1 Å². The van der Waals surface area contributed by atoms with Gasteiger partial charge in [0, 0.05) is 23.9 Å². The molecule has 0 atom stereocenters. The maximum absolute atomic E-state index is 11.7. The van der Waals surface area contributed by atoms with Gasteiger partial charge in [0.25, 0.3) is 0 Å². The number of hydrogen-bond donors (Lipinski definition) is 2. The quantitative estimate of drug-likeness (QED) is 0.594. The van der Waals surface area contributed by atoms with Crippen molar-refractivity contribution in [3.8, 4) is 0 Å². The van der Waals surface area contributed by atoms with Gasteiger partial charge in [-0.3, -0.25) is 9.59 Å². The van der Waals surface area contributed by atoms with Gasteiger partial charge >= 0.3 is 11.8 Å². The van der Waals surface area contributed by atoms with Gasteiger partial charge in [0.05, 0.1) is 6.54 Å². The highest BCUT2D eigenvalue weighted by Crippen LogP contribution is 2.13. The Hall–Kier alpha value is -1.63. The third-order valence-corrected chi connectivity index (χ3v) is 2.69. The minimum atomic E-state index is -0.760. The van der Waals surface area contributed by atoms with Crippen LogP contribution in [0.1, 0.15) is 13.8 Å². The normalized spacial score (nSPS) is 10.5. The Morgan fingerprint density at radius 3 is 2.19 bits per heavy atom. The van der Waals surface area contributed by atoms with Crippen molar-refractivity contribution in [2.24, 2.45) is 0 Å². The van der Waals surface area contributed by atoms with Crippen LogP contribution in [0.15, 0.2) is 24.3 Å². The molecule has 0 aromatic heterocycles. The van der Waals surface area contributed by atoms with Crippen LogP contribution in [-0.4, -0.2) is 37.9 Å². The first-order valence-electron chi connectivity index (χ1n) is 6.64. The van der Waals surface area contributed by atoms with E-state index in [-0.39, 0.29) is 6.54 Å². The molecule has 0 aliphatic carbocycles. The maximum atomic E-state index is 11.7. The number of carbonyl (C=O) groups excluding carboxylic acids is 2. The van der Waals surface area contributed by atoms with Crippen LogP contribution in [-0.2, 0) is 19.1 Å². The molecule has 0 bridgehead atoms. The van der Waals surface area contributed by atoms with Gasteiger partial charge in [0.2, 0.25) is 0 Å². The molecule has 0 spiro atoms. The summed E-state index contributed by atoms with van der Waals surface area (Å²) in [6.07, 6.45) is -0.563. The number of carbonyl (C=O) groups is 2. The first kappa shape index (κ1) is 17.4. The van der Waals surface area contributed by atoms with Gasteiger partial charge < -0.3 is 20.1 Å². The van der Waals surface area contributed by atoms with E-state index in [1.807, 2.05) is 13.8 Å². The van der Waals surface area contributed by atoms with Crippen molar-refractivity contribution in [2.45, 2.75) is 20.1 Å². The molecule has 2 N–H and O–H groups in total. The predicted molar refractivity (Wildman–Crippen MR) is 80.1 cm³/mol. The summed E-state index contributed by atoms with van der Waals surface area (Å²) in [7, 11) is 0. The Morgan fingerprint density at radius 2 is 1.67 bits per heavy atom. The van der Waals surface area contributed by atoms with E-state index in [0.29, 0.717) is 23.9 Å². The van der Waals surface area contributed by atoms with Crippen LogP contribution in [0.4, 0.5) is 5.69 Å². The summed E-state index contributed by atoms with van der Waals surface area (Å²) in [5.74, 6) is -1.52. The Labute approximate surface area is 128 Å². The molecule has 0 saturated carbocycles. The van der Waals surface area contributed by atoms with Crippen molar-refractivity contribution in [2.75, 3.05) is 25.1 Å². The summed E-state index contributed by atoms with van der Waals surface area (Å²) in [4.78, 5) is 23.4. The number of halogens is 1. The first-order valence-corrected chi connectivity index (χ1v) is 7.02. The zero-order chi connectivity index (χ0) is 15.7. The van der Waals surface area contributed by atoms with Gasteiger partial charge in [-0.2, -0.15) is 0 Å². The number of benzene rings is 1. The van der Waals surface area contributed by atoms with E-state index in [1.165, 1.54) is 0 Å². The van der Waals surface area contributed by atoms with E-state index in [9.17, 15) is 9.59 Å². The number of amides is 2. The molecule has 0 saturated heterocycles. The van der Waals surface area contributed by atoms with Crippen molar-refractivity contribution in [1.29, 1.82) is 0 Å². The third kappa shape index (κ3) is 6.57. The second-order valence-electron chi connectivity index (χ2n) is 4.01. The number of hydrogen-bond acceptors (Lipinski definition) is 4. The Morgan fingerprint density at radius 1 is 1.10 bits per heavy atom. The maximum Gasteiger partial charge on any atom is 0.313 e. The lowest BCUT2D eigenvalue weighted by atomic mass is 10.3. The van der Waals surface area contributed by atoms with Gasteiger partial charge in [-0.1, -0.05) is 11.6 Å². The van der Waals surface area contributed by atoms with Gasteiger partial charge in [0.15, 0.2) is 6.29 Å². The Balaban J connectivity index is 2.43. The molecule has 1 aromatic carbocycles. The highest BCUT2D eigenvalue weighted by atomic mass is 35.5. The zero-order valence-electron chi connectivity index (χ0n) is 12.0. The Bertz CT molecular complexity index is 459. The number of anilines is 1. The standard InChI is InChI=1S/C14H19ClN2O4/c1-3-20-12(21-4-2)9-16-13(18)14(19)17-11-7-5-10(15)6-8-11/h5-8,12H,3-4,9H2,1-2H3,(H,16,18)(H,17,19). The second-order valence-corrected chi connectivity index (χ2v) is 4.45. The summed E-state index contributed by atoms with van der Waals surface area (Å²) < 4.78 is 10.5. The summed E-state index contributed by atoms with van der Waals surface area (Å²) >= 11 is 5.73. The fraction of sp³-hybridized carbons (Fsp3) is 0.429. The molecule has 1 aromatic rings.